The number of benzene rings is 4. The highest BCUT2D eigenvalue weighted by molar-refractivity contribution is 6.25. The van der Waals surface area contributed by atoms with Gasteiger partial charge >= 0.3 is 0 Å². The minimum atomic E-state index is 0. The molecule has 1 heteroatoms. The van der Waals surface area contributed by atoms with E-state index in [0.29, 0.717) is 0 Å². The second-order valence-corrected chi connectivity index (χ2v) is 6.33. The highest BCUT2D eigenvalue weighted by Crippen LogP contribution is 2.35. The van der Waals surface area contributed by atoms with E-state index in [1.165, 1.54) is 37.9 Å². The lowest BCUT2D eigenvalue weighted by Crippen LogP contribution is -1.96. The van der Waals surface area contributed by atoms with Crippen molar-refractivity contribution in [1.82, 2.24) is 4.57 Å². The Hall–Kier alpha value is -3.06. The van der Waals surface area contributed by atoms with Gasteiger partial charge in [0.25, 0.3) is 0 Å². The van der Waals surface area contributed by atoms with Crippen LogP contribution in [-0.2, 0) is 6.54 Å². The van der Waals surface area contributed by atoms with E-state index in [-0.39, 0.29) is 7.43 Å². The van der Waals surface area contributed by atoms with E-state index >= 15 is 0 Å². The molecule has 1 aromatic heterocycles. The van der Waals surface area contributed by atoms with Gasteiger partial charge in [-0.25, -0.2) is 0 Å². The number of nitrogens with zero attached hydrogens (tertiary/aromatic N) is 1. The number of hydrogen-bond donors (Lipinski definition) is 0. The summed E-state index contributed by atoms with van der Waals surface area (Å²) in [6.45, 7) is 12.9. The van der Waals surface area contributed by atoms with Crippen LogP contribution in [0.4, 0.5) is 0 Å². The largest absolute Gasteiger partial charge is 0.350 e. The van der Waals surface area contributed by atoms with Gasteiger partial charge in [-0.15, -0.1) is 0 Å². The summed E-state index contributed by atoms with van der Waals surface area (Å²) in [5.41, 5.74) is 1.33. The monoisotopic (exact) mass is 413 g/mol. The van der Waals surface area contributed by atoms with Crippen molar-refractivity contribution in [1.29, 1.82) is 0 Å². The zero-order valence-electron chi connectivity index (χ0n) is 19.3. The topological polar surface area (TPSA) is 4.93 Å². The molecule has 0 aliphatic rings. The highest BCUT2D eigenvalue weighted by atomic mass is 14.9. The average molecular weight is 414 g/mol. The Morgan fingerprint density at radius 3 is 1.32 bits per heavy atom. The second kappa shape index (κ2) is 13.3. The van der Waals surface area contributed by atoms with Gasteiger partial charge in [-0.05, 0) is 56.1 Å². The molecular formula is C30H39N. The van der Waals surface area contributed by atoms with Crippen LogP contribution in [-0.4, -0.2) is 4.57 Å². The summed E-state index contributed by atoms with van der Waals surface area (Å²) in [6, 6.07) is 28.5. The summed E-state index contributed by atoms with van der Waals surface area (Å²) in [4.78, 5) is 0. The maximum Gasteiger partial charge on any atom is 0.0470 e. The van der Waals surface area contributed by atoms with E-state index in [1.807, 2.05) is 41.5 Å². The van der Waals surface area contributed by atoms with Crippen LogP contribution in [0.5, 0.6) is 0 Å². The molecule has 0 radical (unpaired) electrons. The van der Waals surface area contributed by atoms with Crippen LogP contribution < -0.4 is 0 Å². The van der Waals surface area contributed by atoms with Gasteiger partial charge in [0.2, 0.25) is 0 Å². The van der Waals surface area contributed by atoms with E-state index in [2.05, 4.69) is 95.8 Å². The first-order valence-electron chi connectivity index (χ1n) is 11.3. The Bertz CT molecular complexity index is 1130. The smallest absolute Gasteiger partial charge is 0.0470 e. The molecule has 5 rings (SSSR count). The van der Waals surface area contributed by atoms with Crippen molar-refractivity contribution in [2.24, 2.45) is 0 Å². The zero-order chi connectivity index (χ0) is 21.9. The lowest BCUT2D eigenvalue weighted by molar-refractivity contribution is 0.807. The zero-order valence-corrected chi connectivity index (χ0v) is 19.3. The third kappa shape index (κ3) is 5.55. The summed E-state index contributed by atoms with van der Waals surface area (Å²) >= 11 is 0. The quantitative estimate of drug-likeness (QED) is 0.254. The van der Waals surface area contributed by atoms with Gasteiger partial charge < -0.3 is 4.57 Å². The van der Waals surface area contributed by atoms with Crippen molar-refractivity contribution >= 4 is 32.3 Å². The van der Waals surface area contributed by atoms with Crippen molar-refractivity contribution < 1.29 is 0 Å². The molecule has 0 aliphatic carbocycles. The third-order valence-electron chi connectivity index (χ3n) is 4.84. The lowest BCUT2D eigenvalue weighted by atomic mass is 9.93. The maximum absolute atomic E-state index is 2.35. The van der Waals surface area contributed by atoms with Crippen molar-refractivity contribution in [3.63, 3.8) is 0 Å². The van der Waals surface area contributed by atoms with E-state index in [1.54, 1.807) is 0 Å². The molecular weight excluding hydrogens is 374 g/mol. The fourth-order valence-corrected chi connectivity index (χ4v) is 3.74. The van der Waals surface area contributed by atoms with E-state index < -0.39 is 0 Å². The van der Waals surface area contributed by atoms with E-state index in [4.69, 9.17) is 0 Å². The Labute approximate surface area is 189 Å². The predicted molar refractivity (Wildman–Crippen MR) is 143 cm³/mol. The number of hydrogen-bond acceptors (Lipinski definition) is 0. The molecule has 0 saturated carbocycles. The predicted octanol–water partition coefficient (Wildman–Crippen LogP) is 9.71. The van der Waals surface area contributed by atoms with E-state index in [9.17, 15) is 0 Å². The Morgan fingerprint density at radius 2 is 0.871 bits per heavy atom. The van der Waals surface area contributed by atoms with Gasteiger partial charge in [-0.3, -0.25) is 0 Å². The number of fused-ring (bicyclic) bond motifs is 6. The third-order valence-corrected chi connectivity index (χ3v) is 4.84. The standard InChI is InChI=1S/C23H17N.3C2H6.CH4/c1-2-9-20-18(7-1)19-8-3-4-10-21(19)23-15-17(11-12-22(20)23)16-24-13-5-6-14-24;3*1-2;/h1-15H,16H2;3*1-2H3;1H4. The molecule has 164 valence electrons. The van der Waals surface area contributed by atoms with Gasteiger partial charge in [-0.1, -0.05) is 110 Å². The molecule has 4 aromatic carbocycles. The fourth-order valence-electron chi connectivity index (χ4n) is 3.74. The Morgan fingerprint density at radius 1 is 0.484 bits per heavy atom. The van der Waals surface area contributed by atoms with Crippen molar-refractivity contribution in [3.05, 3.63) is 96.8 Å². The van der Waals surface area contributed by atoms with E-state index in [0.717, 1.165) is 6.54 Å². The summed E-state index contributed by atoms with van der Waals surface area (Å²) < 4.78 is 2.21. The first-order valence-corrected chi connectivity index (χ1v) is 11.3. The molecule has 0 atom stereocenters. The summed E-state index contributed by atoms with van der Waals surface area (Å²) in [5.74, 6) is 0. The average Bonchev–Trinajstić information content (AvgIpc) is 3.36. The molecule has 0 aliphatic heterocycles. The van der Waals surface area contributed by atoms with Gasteiger partial charge in [0.1, 0.15) is 0 Å². The minimum Gasteiger partial charge on any atom is -0.350 e. The highest BCUT2D eigenvalue weighted by Gasteiger charge is 2.08. The molecule has 31 heavy (non-hydrogen) atoms. The van der Waals surface area contributed by atoms with Crippen molar-refractivity contribution in [2.45, 2.75) is 55.5 Å². The summed E-state index contributed by atoms with van der Waals surface area (Å²) in [5, 5.41) is 8.01. The summed E-state index contributed by atoms with van der Waals surface area (Å²) in [6.07, 6.45) is 4.23. The van der Waals surface area contributed by atoms with Crippen LogP contribution in [0.25, 0.3) is 32.3 Å². The molecule has 1 nitrogen and oxygen atoms in total. The second-order valence-electron chi connectivity index (χ2n) is 6.33. The van der Waals surface area contributed by atoms with Gasteiger partial charge in [0.05, 0.1) is 0 Å². The molecule has 0 spiro atoms. The Balaban J connectivity index is 0.000000636. The maximum atomic E-state index is 2.35. The van der Waals surface area contributed by atoms with Crippen LogP contribution in [0.2, 0.25) is 0 Å². The molecule has 1 heterocycles. The SMILES string of the molecule is C.CC.CC.CC.c1ccc2c(c1)c1ccccc1c1cc(Cn3cccc3)ccc21. The number of rotatable bonds is 2. The van der Waals surface area contributed by atoms with Crippen molar-refractivity contribution in [2.75, 3.05) is 0 Å². The first kappa shape index (κ1) is 26.0. The Kier molecular flexibility index (Phi) is 11.1. The van der Waals surface area contributed by atoms with Gasteiger partial charge in [0.15, 0.2) is 0 Å². The van der Waals surface area contributed by atoms with Crippen molar-refractivity contribution in [3.8, 4) is 0 Å². The number of aromatic nitrogens is 1. The normalized spacial score (nSPS) is 9.48. The van der Waals surface area contributed by atoms with Gasteiger partial charge in [0, 0.05) is 18.9 Å². The minimum absolute atomic E-state index is 0. The van der Waals surface area contributed by atoms with Crippen LogP contribution >= 0.6 is 0 Å². The fraction of sp³-hybridized carbons (Fsp3) is 0.267. The van der Waals surface area contributed by atoms with Crippen LogP contribution in [0.1, 0.15) is 54.5 Å². The molecule has 0 saturated heterocycles. The molecule has 0 bridgehead atoms. The summed E-state index contributed by atoms with van der Waals surface area (Å²) in [7, 11) is 0. The van der Waals surface area contributed by atoms with Crippen LogP contribution in [0, 0.1) is 0 Å². The molecule has 0 unspecified atom stereocenters. The van der Waals surface area contributed by atoms with Crippen LogP contribution in [0.3, 0.4) is 0 Å². The first-order chi connectivity index (χ1) is 14.9. The van der Waals surface area contributed by atoms with Gasteiger partial charge in [-0.2, -0.15) is 0 Å². The molecule has 0 N–H and O–H groups in total. The molecule has 5 aromatic rings. The lowest BCUT2D eigenvalue weighted by Gasteiger charge is -2.12. The molecule has 0 fully saturated rings. The van der Waals surface area contributed by atoms with Crippen LogP contribution in [0.15, 0.2) is 91.3 Å². The molecule has 0 amide bonds.